The van der Waals surface area contributed by atoms with Crippen molar-refractivity contribution in [2.75, 3.05) is 57.3 Å². The van der Waals surface area contributed by atoms with Gasteiger partial charge in [0, 0.05) is 63.9 Å². The van der Waals surface area contributed by atoms with Gasteiger partial charge in [-0.1, -0.05) is 12.8 Å². The number of hydrogen-bond acceptors (Lipinski definition) is 5. The molecule has 1 N–H and O–H groups in total. The molecule has 7 nitrogen and oxygen atoms in total. The van der Waals surface area contributed by atoms with Crippen molar-refractivity contribution in [1.82, 2.24) is 24.7 Å². The number of nitrogens with one attached hydrogen (secondary N) is 1. The van der Waals surface area contributed by atoms with E-state index in [4.69, 9.17) is 4.98 Å². The molecule has 0 aromatic carbocycles. The Bertz CT molecular complexity index is 934. The van der Waals surface area contributed by atoms with Gasteiger partial charge in [-0.3, -0.25) is 4.79 Å². The molecule has 0 saturated carbocycles. The van der Waals surface area contributed by atoms with E-state index in [1.54, 1.807) is 0 Å². The first-order chi connectivity index (χ1) is 16.2. The lowest BCUT2D eigenvalue weighted by Gasteiger charge is -2.33. The Labute approximate surface area is 198 Å². The summed E-state index contributed by atoms with van der Waals surface area (Å²) in [5.41, 5.74) is 1.65. The molecular weight excluding hydrogens is 412 g/mol. The fourth-order valence-electron chi connectivity index (χ4n) is 5.75. The zero-order valence-electron chi connectivity index (χ0n) is 20.3. The molecule has 3 fully saturated rings. The quantitative estimate of drug-likeness (QED) is 0.729. The molecule has 0 spiro atoms. The van der Waals surface area contributed by atoms with Crippen molar-refractivity contribution in [2.45, 2.75) is 57.4 Å². The lowest BCUT2D eigenvalue weighted by Crippen LogP contribution is -2.46. The molecule has 0 unspecified atom stereocenters. The summed E-state index contributed by atoms with van der Waals surface area (Å²) in [6.07, 6.45) is 11.8. The van der Waals surface area contributed by atoms with Crippen LogP contribution in [0.4, 0.5) is 5.82 Å². The predicted molar refractivity (Wildman–Crippen MR) is 134 cm³/mol. The number of pyridine rings is 1. The number of piperidine rings is 1. The maximum atomic E-state index is 13.2. The minimum absolute atomic E-state index is 0.0421. The molecule has 3 aliphatic rings. The minimum Gasteiger partial charge on any atom is -0.357 e. The molecule has 3 saturated heterocycles. The lowest BCUT2D eigenvalue weighted by molar-refractivity contribution is 0.0909. The molecule has 5 rings (SSSR count). The van der Waals surface area contributed by atoms with Crippen molar-refractivity contribution in [3.8, 4) is 0 Å². The number of anilines is 1. The first-order valence-electron chi connectivity index (χ1n) is 13.1. The molecule has 0 bridgehead atoms. The second-order valence-corrected chi connectivity index (χ2v) is 10.2. The van der Waals surface area contributed by atoms with E-state index in [-0.39, 0.29) is 11.9 Å². The molecule has 2 aromatic rings. The average Bonchev–Trinajstić information content (AvgIpc) is 3.37. The van der Waals surface area contributed by atoms with Crippen molar-refractivity contribution in [3.05, 3.63) is 23.9 Å². The Morgan fingerprint density at radius 3 is 2.24 bits per heavy atom. The van der Waals surface area contributed by atoms with Crippen LogP contribution in [0.3, 0.4) is 0 Å². The van der Waals surface area contributed by atoms with Gasteiger partial charge in [-0.15, -0.1) is 0 Å². The Balaban J connectivity index is 1.18. The van der Waals surface area contributed by atoms with Crippen LogP contribution in [-0.4, -0.2) is 83.7 Å². The Morgan fingerprint density at radius 1 is 0.909 bits per heavy atom. The first-order valence-corrected chi connectivity index (χ1v) is 13.1. The predicted octanol–water partition coefficient (Wildman–Crippen LogP) is 3.24. The standard InChI is InChI=1S/C26H40N6O/c1-29-20-23(22-8-9-24(28-25(22)29)32-14-4-2-3-5-15-32)26(33)27-21-10-16-31(17-11-21)19-18-30-12-6-7-13-30/h8-9,20-21H,2-7,10-19H2,1H3,(H,27,33). The van der Waals surface area contributed by atoms with Crippen LogP contribution in [0.1, 0.15) is 61.7 Å². The molecule has 5 heterocycles. The molecule has 3 aliphatic heterocycles. The number of nitrogens with zero attached hydrogens (tertiary/aromatic N) is 5. The Morgan fingerprint density at radius 2 is 1.55 bits per heavy atom. The molecule has 0 aliphatic carbocycles. The summed E-state index contributed by atoms with van der Waals surface area (Å²) >= 11 is 0. The number of carbonyl (C=O) groups is 1. The molecular formula is C26H40N6O. The Hall–Kier alpha value is -2.12. The summed E-state index contributed by atoms with van der Waals surface area (Å²) < 4.78 is 2.01. The van der Waals surface area contributed by atoms with Crippen LogP contribution < -0.4 is 10.2 Å². The number of carbonyl (C=O) groups excluding carboxylic acids is 1. The number of hydrogen-bond donors (Lipinski definition) is 1. The van der Waals surface area contributed by atoms with Crippen molar-refractivity contribution in [2.24, 2.45) is 7.05 Å². The number of aryl methyl sites for hydroxylation is 1. The molecule has 1 amide bonds. The SMILES string of the molecule is Cn1cc(C(=O)NC2CCN(CCN3CCCC3)CC2)c2ccc(N3CCCCCC3)nc21. The van der Waals surface area contributed by atoms with Crippen molar-refractivity contribution in [3.63, 3.8) is 0 Å². The van der Waals surface area contributed by atoms with Crippen LogP contribution in [-0.2, 0) is 7.05 Å². The van der Waals surface area contributed by atoms with Crippen LogP contribution in [0.2, 0.25) is 0 Å². The van der Waals surface area contributed by atoms with E-state index in [2.05, 4.69) is 32.1 Å². The molecule has 33 heavy (non-hydrogen) atoms. The topological polar surface area (TPSA) is 56.6 Å². The van der Waals surface area contributed by atoms with Crippen LogP contribution >= 0.6 is 0 Å². The molecule has 7 heteroatoms. The van der Waals surface area contributed by atoms with Gasteiger partial charge < -0.3 is 24.6 Å². The van der Waals surface area contributed by atoms with Gasteiger partial charge in [-0.05, 0) is 63.7 Å². The number of rotatable bonds is 6. The maximum absolute atomic E-state index is 13.2. The molecule has 2 aromatic heterocycles. The normalized spacial score (nSPS) is 21.5. The maximum Gasteiger partial charge on any atom is 0.253 e. The molecule has 0 radical (unpaired) electrons. The monoisotopic (exact) mass is 452 g/mol. The second-order valence-electron chi connectivity index (χ2n) is 10.2. The lowest BCUT2D eigenvalue weighted by atomic mass is 10.0. The smallest absolute Gasteiger partial charge is 0.253 e. The number of fused-ring (bicyclic) bond motifs is 1. The van der Waals surface area contributed by atoms with Gasteiger partial charge in [0.05, 0.1) is 5.56 Å². The van der Waals surface area contributed by atoms with E-state index in [1.807, 2.05) is 17.8 Å². The van der Waals surface area contributed by atoms with Gasteiger partial charge >= 0.3 is 0 Å². The molecule has 0 atom stereocenters. The van der Waals surface area contributed by atoms with E-state index >= 15 is 0 Å². The third kappa shape index (κ3) is 5.35. The van der Waals surface area contributed by atoms with E-state index in [0.29, 0.717) is 0 Å². The van der Waals surface area contributed by atoms with Crippen LogP contribution in [0.5, 0.6) is 0 Å². The Kier molecular flexibility index (Phi) is 7.16. The highest BCUT2D eigenvalue weighted by atomic mass is 16.1. The largest absolute Gasteiger partial charge is 0.357 e. The first kappa shape index (κ1) is 22.7. The zero-order chi connectivity index (χ0) is 22.6. The van der Waals surface area contributed by atoms with Crippen molar-refractivity contribution in [1.29, 1.82) is 0 Å². The van der Waals surface area contributed by atoms with Crippen LogP contribution in [0.15, 0.2) is 18.3 Å². The van der Waals surface area contributed by atoms with Crippen LogP contribution in [0, 0.1) is 0 Å². The van der Waals surface area contributed by atoms with E-state index < -0.39 is 0 Å². The summed E-state index contributed by atoms with van der Waals surface area (Å²) in [6, 6.07) is 4.46. The minimum atomic E-state index is 0.0421. The van der Waals surface area contributed by atoms with Gasteiger partial charge in [-0.2, -0.15) is 0 Å². The van der Waals surface area contributed by atoms with Gasteiger partial charge in [-0.25, -0.2) is 4.98 Å². The van der Waals surface area contributed by atoms with E-state index in [0.717, 1.165) is 68.0 Å². The number of likely N-dealkylation sites (tertiary alicyclic amines) is 2. The van der Waals surface area contributed by atoms with E-state index in [9.17, 15) is 4.79 Å². The zero-order valence-corrected chi connectivity index (χ0v) is 20.3. The van der Waals surface area contributed by atoms with Gasteiger partial charge in [0.25, 0.3) is 5.91 Å². The third-order valence-corrected chi connectivity index (χ3v) is 7.84. The van der Waals surface area contributed by atoms with E-state index in [1.165, 1.54) is 58.2 Å². The number of aromatic nitrogens is 2. The fraction of sp³-hybridized carbons (Fsp3) is 0.692. The highest BCUT2D eigenvalue weighted by Gasteiger charge is 2.24. The summed E-state index contributed by atoms with van der Waals surface area (Å²) in [4.78, 5) is 25.7. The third-order valence-electron chi connectivity index (χ3n) is 7.84. The summed E-state index contributed by atoms with van der Waals surface area (Å²) in [7, 11) is 2.00. The van der Waals surface area contributed by atoms with Gasteiger partial charge in [0.15, 0.2) is 0 Å². The van der Waals surface area contributed by atoms with Crippen molar-refractivity contribution < 1.29 is 4.79 Å². The van der Waals surface area contributed by atoms with Gasteiger partial charge in [0.1, 0.15) is 11.5 Å². The summed E-state index contributed by atoms with van der Waals surface area (Å²) in [5.74, 6) is 1.08. The molecule has 180 valence electrons. The average molecular weight is 453 g/mol. The fourth-order valence-corrected chi connectivity index (χ4v) is 5.75. The van der Waals surface area contributed by atoms with Crippen molar-refractivity contribution >= 4 is 22.8 Å². The summed E-state index contributed by atoms with van der Waals surface area (Å²) in [6.45, 7) is 9.20. The van der Waals surface area contributed by atoms with Gasteiger partial charge in [0.2, 0.25) is 0 Å². The summed E-state index contributed by atoms with van der Waals surface area (Å²) in [5, 5.41) is 4.27. The number of amides is 1. The highest BCUT2D eigenvalue weighted by Crippen LogP contribution is 2.25. The second kappa shape index (κ2) is 10.4. The van der Waals surface area contributed by atoms with Crippen LogP contribution in [0.25, 0.3) is 11.0 Å². The highest BCUT2D eigenvalue weighted by molar-refractivity contribution is 6.06.